The fourth-order valence-corrected chi connectivity index (χ4v) is 7.07. The van der Waals surface area contributed by atoms with Crippen LogP contribution in [-0.4, -0.2) is 77.8 Å². The van der Waals surface area contributed by atoms with Crippen molar-refractivity contribution in [2.45, 2.75) is 31.0 Å². The van der Waals surface area contributed by atoms with Crippen LogP contribution in [0.4, 0.5) is 10.3 Å². The van der Waals surface area contributed by atoms with E-state index in [1.54, 1.807) is 17.0 Å². The first kappa shape index (κ1) is 28.5. The Kier molecular flexibility index (Phi) is 7.73. The molecule has 5 heterocycles. The van der Waals surface area contributed by atoms with Gasteiger partial charge in [0.25, 0.3) is 11.8 Å². The molecule has 0 radical (unpaired) electrons. The van der Waals surface area contributed by atoms with Crippen LogP contribution in [0.3, 0.4) is 0 Å². The van der Waals surface area contributed by atoms with Crippen LogP contribution in [0.2, 0.25) is 4.34 Å². The van der Waals surface area contributed by atoms with E-state index in [1.165, 1.54) is 30.0 Å². The average molecular weight is 640 g/mol. The van der Waals surface area contributed by atoms with Crippen LogP contribution < -0.4 is 21.4 Å². The molecule has 0 aromatic carbocycles. The molecule has 3 atom stereocenters. The number of amides is 2. The predicted molar refractivity (Wildman–Crippen MR) is 150 cm³/mol. The normalized spacial score (nSPS) is 19.5. The Morgan fingerprint density at radius 2 is 2.02 bits per heavy atom. The minimum atomic E-state index is -1.41. The summed E-state index contributed by atoms with van der Waals surface area (Å²) in [6, 6.07) is 0.716. The van der Waals surface area contributed by atoms with Gasteiger partial charge in [-0.25, -0.2) is 19.6 Å². The number of aromatic nitrogens is 3. The number of anilines is 2. The molecule has 1 fully saturated rings. The molecule has 0 aliphatic carbocycles. The Hall–Kier alpha value is -4.00. The summed E-state index contributed by atoms with van der Waals surface area (Å²) in [5.41, 5.74) is 11.8. The number of hydrogen-bond donors (Lipinski definition) is 5. The van der Waals surface area contributed by atoms with E-state index in [2.05, 4.69) is 20.4 Å². The van der Waals surface area contributed by atoms with Crippen molar-refractivity contribution in [3.63, 3.8) is 0 Å². The van der Waals surface area contributed by atoms with E-state index in [0.29, 0.717) is 16.2 Å². The number of pyridine rings is 1. The van der Waals surface area contributed by atoms with Gasteiger partial charge in [0.1, 0.15) is 32.7 Å². The number of carboxylic acid groups (broad SMARTS) is 2. The molecule has 7 N–H and O–H groups in total. The van der Waals surface area contributed by atoms with Crippen molar-refractivity contribution in [2.24, 2.45) is 5.16 Å². The van der Waals surface area contributed by atoms with Crippen molar-refractivity contribution in [3.8, 4) is 0 Å². The van der Waals surface area contributed by atoms with Crippen LogP contribution in [-0.2, 0) is 30.6 Å². The van der Waals surface area contributed by atoms with Crippen LogP contribution >= 0.6 is 46.0 Å². The number of oxime groups is 1. The number of rotatable bonds is 9. The summed E-state index contributed by atoms with van der Waals surface area (Å²) >= 11 is 9.60. The standard InChI is InChI=1S/C22H19ClN8O7S3/c1-7(19(34)35)38-29-12(11-15(23)41-22(25)28-11)16(32)27-13-17(33)31-14(20(36)37)8(6-39-18(13)31)4-30-3-2-10-9(5-30)26-21(24)40-10/h2-3,5,7,13,18H,4,6H2,1H3,(H6-,24,25,26,27,28,32,34,35,36,37)/p+1/t7-,13+,18?/m0/s1. The van der Waals surface area contributed by atoms with E-state index in [9.17, 15) is 24.3 Å². The molecule has 19 heteroatoms. The van der Waals surface area contributed by atoms with E-state index in [-0.39, 0.29) is 33.2 Å². The molecule has 2 aliphatic heterocycles. The molecule has 3 aromatic rings. The topological polar surface area (TPSA) is 227 Å². The van der Waals surface area contributed by atoms with Gasteiger partial charge in [0.05, 0.1) is 4.70 Å². The van der Waals surface area contributed by atoms with Gasteiger partial charge in [0.15, 0.2) is 34.9 Å². The van der Waals surface area contributed by atoms with E-state index in [1.807, 2.05) is 6.07 Å². The van der Waals surface area contributed by atoms with E-state index >= 15 is 0 Å². The number of hydrogen-bond acceptors (Lipinski definition) is 13. The number of thiazole rings is 2. The maximum atomic E-state index is 13.2. The van der Waals surface area contributed by atoms with Gasteiger partial charge in [-0.05, 0) is 6.92 Å². The Labute approximate surface area is 247 Å². The number of fused-ring (bicyclic) bond motifs is 2. The van der Waals surface area contributed by atoms with Gasteiger partial charge >= 0.3 is 11.9 Å². The summed E-state index contributed by atoms with van der Waals surface area (Å²) < 4.78 is 2.63. The largest absolute Gasteiger partial charge is 0.478 e. The number of carbonyl (C=O) groups excluding carboxylic acids is 2. The molecule has 15 nitrogen and oxygen atoms in total. The highest BCUT2D eigenvalue weighted by molar-refractivity contribution is 8.00. The van der Waals surface area contributed by atoms with Gasteiger partial charge in [-0.1, -0.05) is 39.4 Å². The number of nitrogens with one attached hydrogen (secondary N) is 1. The maximum absolute atomic E-state index is 13.2. The molecule has 1 saturated heterocycles. The van der Waals surface area contributed by atoms with E-state index in [4.69, 9.17) is 33.0 Å². The SMILES string of the molecule is C[C@H](ON=C(C(=O)N[C@@H]1C(=O)N2C(C(=O)O)=C(C[n+]3ccc4sc(N)nc4c3)CSC12)c1nc(N)sc1Cl)C(=O)O. The van der Waals surface area contributed by atoms with Gasteiger partial charge in [0, 0.05) is 17.4 Å². The first-order valence-electron chi connectivity index (χ1n) is 11.6. The number of carboxylic acids is 2. The first-order chi connectivity index (χ1) is 19.4. The highest BCUT2D eigenvalue weighted by Gasteiger charge is 2.55. The average Bonchev–Trinajstić information content (AvgIpc) is 3.45. The summed E-state index contributed by atoms with van der Waals surface area (Å²) in [4.78, 5) is 64.0. The Bertz CT molecular complexity index is 1670. The fraction of sp³-hybridized carbons (Fsp3) is 0.273. The van der Waals surface area contributed by atoms with Gasteiger partial charge in [-0.2, -0.15) is 4.57 Å². The molecule has 3 aromatic heterocycles. The molecule has 214 valence electrons. The van der Waals surface area contributed by atoms with Gasteiger partial charge in [-0.3, -0.25) is 14.5 Å². The second kappa shape index (κ2) is 11.1. The number of thioether (sulfide) groups is 1. The molecule has 2 aliphatic rings. The molecule has 0 bridgehead atoms. The number of nitrogen functional groups attached to an aromatic ring is 2. The summed E-state index contributed by atoms with van der Waals surface area (Å²) in [5.74, 6) is -3.95. The zero-order valence-electron chi connectivity index (χ0n) is 20.8. The quantitative estimate of drug-likeness (QED) is 0.0933. The van der Waals surface area contributed by atoms with Crippen molar-refractivity contribution in [3.05, 3.63) is 39.8 Å². The third-order valence-electron chi connectivity index (χ3n) is 6.00. The van der Waals surface area contributed by atoms with Gasteiger partial charge in [-0.15, -0.1) is 11.8 Å². The summed E-state index contributed by atoms with van der Waals surface area (Å²) in [5, 5.41) is 24.9. The lowest BCUT2D eigenvalue weighted by atomic mass is 10.0. The van der Waals surface area contributed by atoms with Crippen molar-refractivity contribution < 1.29 is 38.8 Å². The highest BCUT2D eigenvalue weighted by Crippen LogP contribution is 2.40. The number of carbonyl (C=O) groups is 4. The van der Waals surface area contributed by atoms with Crippen LogP contribution in [0.25, 0.3) is 10.2 Å². The smallest absolute Gasteiger partial charge is 0.352 e. The van der Waals surface area contributed by atoms with Crippen LogP contribution in [0, 0.1) is 0 Å². The number of nitrogens with zero attached hydrogens (tertiary/aromatic N) is 5. The number of aliphatic carboxylic acids is 2. The zero-order chi connectivity index (χ0) is 29.6. The molecule has 0 saturated carbocycles. The second-order valence-electron chi connectivity index (χ2n) is 8.74. The molecule has 2 amide bonds. The van der Waals surface area contributed by atoms with Crippen molar-refractivity contribution in [1.82, 2.24) is 20.2 Å². The zero-order valence-corrected chi connectivity index (χ0v) is 24.0. The van der Waals surface area contributed by atoms with Crippen molar-refractivity contribution in [1.29, 1.82) is 0 Å². The van der Waals surface area contributed by atoms with Crippen LogP contribution in [0.15, 0.2) is 34.9 Å². The lowest BCUT2D eigenvalue weighted by Gasteiger charge is -2.49. The lowest BCUT2D eigenvalue weighted by molar-refractivity contribution is -0.687. The fourth-order valence-electron chi connectivity index (χ4n) is 4.10. The number of nitrogens with two attached hydrogens (primary N) is 2. The van der Waals surface area contributed by atoms with Crippen LogP contribution in [0.1, 0.15) is 12.6 Å². The molecular weight excluding hydrogens is 620 g/mol. The first-order valence-corrected chi connectivity index (χ1v) is 14.6. The Morgan fingerprint density at radius 3 is 2.68 bits per heavy atom. The molecule has 1 unspecified atom stereocenters. The number of β-lactam (4-membered cyclic amide) rings is 1. The van der Waals surface area contributed by atoms with E-state index in [0.717, 1.165) is 20.9 Å². The second-order valence-corrected chi connectivity index (χ2v) is 12.5. The molecule has 0 spiro atoms. The summed E-state index contributed by atoms with van der Waals surface area (Å²) in [7, 11) is 0. The Balaban J connectivity index is 1.37. The third-order valence-corrected chi connectivity index (χ3v) is 9.29. The maximum Gasteiger partial charge on any atom is 0.352 e. The van der Waals surface area contributed by atoms with Gasteiger partial charge < -0.3 is 31.8 Å². The summed E-state index contributed by atoms with van der Waals surface area (Å²) in [6.07, 6.45) is 2.11. The van der Waals surface area contributed by atoms with Gasteiger partial charge in [0.2, 0.25) is 6.10 Å². The Morgan fingerprint density at radius 1 is 1.29 bits per heavy atom. The minimum Gasteiger partial charge on any atom is -0.478 e. The van der Waals surface area contributed by atoms with Crippen molar-refractivity contribution in [2.75, 3.05) is 17.2 Å². The lowest BCUT2D eigenvalue weighted by Crippen LogP contribution is -2.71. The van der Waals surface area contributed by atoms with Crippen molar-refractivity contribution >= 4 is 96.0 Å². The molecule has 41 heavy (non-hydrogen) atoms. The molecule has 5 rings (SSSR count). The van der Waals surface area contributed by atoms with Crippen LogP contribution in [0.5, 0.6) is 0 Å². The minimum absolute atomic E-state index is 0.00616. The monoisotopic (exact) mass is 639 g/mol. The number of halogens is 1. The predicted octanol–water partition coefficient (Wildman–Crippen LogP) is 0.491. The molecular formula is C22H20ClN8O7S3+. The summed E-state index contributed by atoms with van der Waals surface area (Å²) in [6.45, 7) is 1.39. The highest BCUT2D eigenvalue weighted by atomic mass is 35.5. The van der Waals surface area contributed by atoms with E-state index < -0.39 is 47.0 Å². The third kappa shape index (κ3) is 5.50.